The van der Waals surface area contributed by atoms with E-state index >= 15 is 0 Å². The molecule has 1 aromatic carbocycles. The van der Waals surface area contributed by atoms with Gasteiger partial charge < -0.3 is 5.73 Å². The monoisotopic (exact) mass is 273 g/mol. The Morgan fingerprint density at radius 2 is 2.10 bits per heavy atom. The molecule has 2 rings (SSSR count). The van der Waals surface area contributed by atoms with E-state index in [1.54, 1.807) is 5.01 Å². The number of anilines is 1. The summed E-state index contributed by atoms with van der Waals surface area (Å²) in [6, 6.07) is 7.87. The van der Waals surface area contributed by atoms with Crippen LogP contribution in [-0.2, 0) is 4.79 Å². The molecule has 0 saturated heterocycles. The molecule has 4 heteroatoms. The molecule has 0 aromatic heterocycles. The molecule has 1 atom stereocenters. The predicted octanol–water partition coefficient (Wildman–Crippen LogP) is 2.85. The normalized spacial score (nSPS) is 18.6. The number of para-hydroxylation sites is 1. The summed E-state index contributed by atoms with van der Waals surface area (Å²) in [6.45, 7) is 4.74. The minimum atomic E-state index is -0.0851. The fourth-order valence-electron chi connectivity index (χ4n) is 2.60. The molecule has 1 aromatic rings. The van der Waals surface area contributed by atoms with Gasteiger partial charge >= 0.3 is 0 Å². The van der Waals surface area contributed by atoms with Gasteiger partial charge in [-0.2, -0.15) is 10.1 Å². The van der Waals surface area contributed by atoms with Crippen molar-refractivity contribution < 1.29 is 4.79 Å². The van der Waals surface area contributed by atoms with Crippen LogP contribution in [0.5, 0.6) is 0 Å². The number of hydrazone groups is 1. The van der Waals surface area contributed by atoms with Crippen molar-refractivity contribution in [2.24, 2.45) is 16.8 Å². The molecule has 1 amide bonds. The quantitative estimate of drug-likeness (QED) is 0.866. The number of nitrogens with zero attached hydrogens (tertiary/aromatic N) is 2. The van der Waals surface area contributed by atoms with E-state index in [1.165, 1.54) is 0 Å². The molecule has 0 radical (unpaired) electrons. The average molecular weight is 273 g/mol. The average Bonchev–Trinajstić information content (AvgIpc) is 2.74. The van der Waals surface area contributed by atoms with Crippen LogP contribution < -0.4 is 10.7 Å². The van der Waals surface area contributed by atoms with Gasteiger partial charge in [0, 0.05) is 0 Å². The molecule has 0 aliphatic carbocycles. The predicted molar refractivity (Wildman–Crippen MR) is 82.8 cm³/mol. The second-order valence-corrected chi connectivity index (χ2v) is 5.26. The van der Waals surface area contributed by atoms with Gasteiger partial charge in [-0.05, 0) is 44.4 Å². The van der Waals surface area contributed by atoms with Crippen molar-refractivity contribution in [1.82, 2.24) is 0 Å². The molecule has 1 aliphatic heterocycles. The molecule has 0 spiro atoms. The molecule has 1 heterocycles. The lowest BCUT2D eigenvalue weighted by molar-refractivity contribution is -0.119. The number of rotatable bonds is 6. The SMILES string of the molecule is CCCC1=NN(c2ccccc2C)C(=O)C1CCCN. The summed E-state index contributed by atoms with van der Waals surface area (Å²) >= 11 is 0. The zero-order valence-corrected chi connectivity index (χ0v) is 12.3. The van der Waals surface area contributed by atoms with Gasteiger partial charge in [-0.15, -0.1) is 0 Å². The highest BCUT2D eigenvalue weighted by Crippen LogP contribution is 2.29. The van der Waals surface area contributed by atoms with Crippen LogP contribution in [0, 0.1) is 12.8 Å². The molecular weight excluding hydrogens is 250 g/mol. The van der Waals surface area contributed by atoms with Crippen LogP contribution in [-0.4, -0.2) is 18.2 Å². The Kier molecular flexibility index (Phi) is 4.90. The van der Waals surface area contributed by atoms with Crippen LogP contribution in [0.3, 0.4) is 0 Å². The third kappa shape index (κ3) is 2.90. The molecule has 0 bridgehead atoms. The highest BCUT2D eigenvalue weighted by Gasteiger charge is 2.35. The summed E-state index contributed by atoms with van der Waals surface area (Å²) < 4.78 is 0. The molecule has 108 valence electrons. The number of amides is 1. The van der Waals surface area contributed by atoms with E-state index in [9.17, 15) is 4.79 Å². The first kappa shape index (κ1) is 14.7. The first-order chi connectivity index (χ1) is 9.69. The minimum Gasteiger partial charge on any atom is -0.330 e. The van der Waals surface area contributed by atoms with Gasteiger partial charge in [-0.25, -0.2) is 0 Å². The first-order valence-electron chi connectivity index (χ1n) is 7.36. The van der Waals surface area contributed by atoms with Crippen molar-refractivity contribution >= 4 is 17.3 Å². The standard InChI is InChI=1S/C16H23N3O/c1-3-7-14-13(9-6-11-17)16(20)19(18-14)15-10-5-4-8-12(15)2/h4-5,8,10,13H,3,6-7,9,11,17H2,1-2H3. The van der Waals surface area contributed by atoms with Crippen LogP contribution in [0.1, 0.15) is 38.2 Å². The zero-order valence-electron chi connectivity index (χ0n) is 12.3. The Morgan fingerprint density at radius 1 is 1.35 bits per heavy atom. The number of carbonyl (C=O) groups excluding carboxylic acids is 1. The zero-order chi connectivity index (χ0) is 14.5. The molecule has 0 fully saturated rings. The summed E-state index contributed by atoms with van der Waals surface area (Å²) in [5.74, 6) is 0.00862. The number of nitrogens with two attached hydrogens (primary N) is 1. The summed E-state index contributed by atoms with van der Waals surface area (Å²) in [5.41, 5.74) is 8.54. The third-order valence-corrected chi connectivity index (χ3v) is 3.68. The Labute approximate surface area is 120 Å². The second kappa shape index (κ2) is 6.66. The summed E-state index contributed by atoms with van der Waals surface area (Å²) in [5, 5.41) is 6.17. The van der Waals surface area contributed by atoms with E-state index in [4.69, 9.17) is 5.73 Å². The van der Waals surface area contributed by atoms with Gasteiger partial charge in [-0.3, -0.25) is 4.79 Å². The fourth-order valence-corrected chi connectivity index (χ4v) is 2.60. The van der Waals surface area contributed by atoms with E-state index in [0.717, 1.165) is 42.6 Å². The van der Waals surface area contributed by atoms with Crippen LogP contribution in [0.4, 0.5) is 5.69 Å². The van der Waals surface area contributed by atoms with E-state index in [2.05, 4.69) is 12.0 Å². The Hall–Kier alpha value is -1.68. The lowest BCUT2D eigenvalue weighted by atomic mass is 9.94. The second-order valence-electron chi connectivity index (χ2n) is 5.26. The Bertz CT molecular complexity index is 510. The highest BCUT2D eigenvalue weighted by molar-refractivity contribution is 6.15. The van der Waals surface area contributed by atoms with Crippen LogP contribution in [0.15, 0.2) is 29.4 Å². The largest absolute Gasteiger partial charge is 0.330 e. The number of hydrogen-bond acceptors (Lipinski definition) is 3. The maximum Gasteiger partial charge on any atom is 0.256 e. The van der Waals surface area contributed by atoms with E-state index in [0.29, 0.717) is 6.54 Å². The van der Waals surface area contributed by atoms with Gasteiger partial charge in [0.15, 0.2) is 0 Å². The number of benzene rings is 1. The third-order valence-electron chi connectivity index (χ3n) is 3.68. The molecule has 1 aliphatic rings. The fraction of sp³-hybridized carbons (Fsp3) is 0.500. The highest BCUT2D eigenvalue weighted by atomic mass is 16.2. The van der Waals surface area contributed by atoms with Crippen molar-refractivity contribution in [3.05, 3.63) is 29.8 Å². The van der Waals surface area contributed by atoms with Gasteiger partial charge in [0.2, 0.25) is 0 Å². The van der Waals surface area contributed by atoms with Crippen molar-refractivity contribution in [3.63, 3.8) is 0 Å². The molecule has 2 N–H and O–H groups in total. The number of hydrogen-bond donors (Lipinski definition) is 1. The molecule has 4 nitrogen and oxygen atoms in total. The van der Waals surface area contributed by atoms with Crippen LogP contribution in [0.25, 0.3) is 0 Å². The maximum absolute atomic E-state index is 12.6. The number of aryl methyl sites for hydroxylation is 1. The van der Waals surface area contributed by atoms with E-state index in [1.807, 2.05) is 31.2 Å². The van der Waals surface area contributed by atoms with Crippen molar-refractivity contribution in [3.8, 4) is 0 Å². The summed E-state index contributed by atoms with van der Waals surface area (Å²) in [4.78, 5) is 12.6. The van der Waals surface area contributed by atoms with Crippen LogP contribution in [0.2, 0.25) is 0 Å². The van der Waals surface area contributed by atoms with Crippen LogP contribution >= 0.6 is 0 Å². The molecule has 0 saturated carbocycles. The van der Waals surface area contributed by atoms with Gasteiger partial charge in [0.05, 0.1) is 17.3 Å². The lowest BCUT2D eigenvalue weighted by Gasteiger charge is -2.16. The molecule has 1 unspecified atom stereocenters. The van der Waals surface area contributed by atoms with Crippen molar-refractivity contribution in [2.45, 2.75) is 39.5 Å². The summed E-state index contributed by atoms with van der Waals surface area (Å²) in [6.07, 6.45) is 3.55. The van der Waals surface area contributed by atoms with E-state index < -0.39 is 0 Å². The lowest BCUT2D eigenvalue weighted by Crippen LogP contribution is -2.28. The van der Waals surface area contributed by atoms with Gasteiger partial charge in [0.25, 0.3) is 5.91 Å². The topological polar surface area (TPSA) is 58.7 Å². The van der Waals surface area contributed by atoms with E-state index in [-0.39, 0.29) is 11.8 Å². The Morgan fingerprint density at radius 3 is 2.75 bits per heavy atom. The summed E-state index contributed by atoms with van der Waals surface area (Å²) in [7, 11) is 0. The molecule has 20 heavy (non-hydrogen) atoms. The first-order valence-corrected chi connectivity index (χ1v) is 7.36. The maximum atomic E-state index is 12.6. The Balaban J connectivity index is 2.27. The van der Waals surface area contributed by atoms with Crippen molar-refractivity contribution in [1.29, 1.82) is 0 Å². The smallest absolute Gasteiger partial charge is 0.256 e. The van der Waals surface area contributed by atoms with Gasteiger partial charge in [0.1, 0.15) is 0 Å². The van der Waals surface area contributed by atoms with Crippen molar-refractivity contribution in [2.75, 3.05) is 11.6 Å². The number of carbonyl (C=O) groups is 1. The molecular formula is C16H23N3O. The minimum absolute atomic E-state index is 0.0851. The van der Waals surface area contributed by atoms with Gasteiger partial charge in [-0.1, -0.05) is 31.5 Å².